The zero-order valence-corrected chi connectivity index (χ0v) is 17.8. The third-order valence-electron chi connectivity index (χ3n) is 6.24. The Balaban J connectivity index is 1.26. The van der Waals surface area contributed by atoms with Crippen LogP contribution in [-0.4, -0.2) is 30.5 Å². The Hall–Kier alpha value is -3.44. The number of hydrogen-bond acceptors (Lipinski definition) is 4. The molecule has 32 heavy (non-hydrogen) atoms. The Morgan fingerprint density at radius 3 is 2.50 bits per heavy atom. The normalized spacial score (nSPS) is 14.8. The van der Waals surface area contributed by atoms with Crippen molar-refractivity contribution in [1.82, 2.24) is 4.90 Å². The maximum atomic E-state index is 13.1. The molecule has 1 aliphatic rings. The van der Waals surface area contributed by atoms with Crippen LogP contribution in [0.5, 0.6) is 0 Å². The second kappa shape index (κ2) is 8.97. The van der Waals surface area contributed by atoms with E-state index in [1.54, 1.807) is 17.0 Å². The number of ether oxygens (including phenoxy) is 1. The molecule has 1 aromatic heterocycles. The summed E-state index contributed by atoms with van der Waals surface area (Å²) in [5.74, 6) is 0.164. The van der Waals surface area contributed by atoms with Crippen LogP contribution < -0.4 is 5.63 Å². The number of rotatable bonds is 5. The molecule has 1 amide bonds. The highest BCUT2D eigenvalue weighted by molar-refractivity contribution is 6.07. The molecule has 0 aliphatic carbocycles. The minimum atomic E-state index is -0.578. The summed E-state index contributed by atoms with van der Waals surface area (Å²) < 4.78 is 11.4. The number of nitrogens with zero attached hydrogens (tertiary/aromatic N) is 1. The molecule has 2 heterocycles. The standard InChI is InChI=1S/C27H25NO4/c29-26(28-14-12-20(13-15-28)18-31-17-19-6-2-1-3-7-19)24-16-23-22-9-5-4-8-21(22)10-11-25(23)32-27(24)30/h1-11,16,20H,12-15,17-18H2. The molecule has 162 valence electrons. The SMILES string of the molecule is O=C(c1cc2c(ccc3ccccc32)oc1=O)N1CCC(COCc2ccccc2)CC1. The van der Waals surface area contributed by atoms with E-state index in [2.05, 4.69) is 12.1 Å². The van der Waals surface area contributed by atoms with Crippen LogP contribution in [0, 0.1) is 5.92 Å². The van der Waals surface area contributed by atoms with Gasteiger partial charge in [-0.15, -0.1) is 0 Å². The minimum absolute atomic E-state index is 0.104. The van der Waals surface area contributed by atoms with E-state index in [0.717, 1.165) is 34.6 Å². The van der Waals surface area contributed by atoms with Gasteiger partial charge in [0, 0.05) is 25.1 Å². The van der Waals surface area contributed by atoms with Gasteiger partial charge in [0.15, 0.2) is 0 Å². The van der Waals surface area contributed by atoms with Crippen LogP contribution >= 0.6 is 0 Å². The summed E-state index contributed by atoms with van der Waals surface area (Å²) in [5, 5.41) is 2.80. The molecule has 0 spiro atoms. The van der Waals surface area contributed by atoms with Gasteiger partial charge in [-0.25, -0.2) is 4.79 Å². The Bertz CT molecular complexity index is 1300. The van der Waals surface area contributed by atoms with E-state index in [4.69, 9.17) is 9.15 Å². The molecule has 0 N–H and O–H groups in total. The monoisotopic (exact) mass is 427 g/mol. The summed E-state index contributed by atoms with van der Waals surface area (Å²) in [7, 11) is 0. The fraction of sp³-hybridized carbons (Fsp3) is 0.259. The average molecular weight is 428 g/mol. The van der Waals surface area contributed by atoms with Gasteiger partial charge in [0.1, 0.15) is 11.1 Å². The fourth-order valence-electron chi connectivity index (χ4n) is 4.41. The predicted molar refractivity (Wildman–Crippen MR) is 125 cm³/mol. The van der Waals surface area contributed by atoms with E-state index in [1.165, 1.54) is 0 Å². The lowest BCUT2D eigenvalue weighted by atomic mass is 9.97. The fourth-order valence-corrected chi connectivity index (χ4v) is 4.41. The second-order valence-corrected chi connectivity index (χ2v) is 8.38. The molecule has 3 aromatic carbocycles. The highest BCUT2D eigenvalue weighted by Gasteiger charge is 2.26. The van der Waals surface area contributed by atoms with Crippen molar-refractivity contribution in [2.75, 3.05) is 19.7 Å². The lowest BCUT2D eigenvalue weighted by Gasteiger charge is -2.31. The van der Waals surface area contributed by atoms with Gasteiger partial charge in [0.2, 0.25) is 0 Å². The molecule has 0 atom stereocenters. The Kier molecular flexibility index (Phi) is 5.73. The molecular weight excluding hydrogens is 402 g/mol. The summed E-state index contributed by atoms with van der Waals surface area (Å²) in [6.07, 6.45) is 1.73. The van der Waals surface area contributed by atoms with Crippen LogP contribution in [0.4, 0.5) is 0 Å². The van der Waals surface area contributed by atoms with Gasteiger partial charge >= 0.3 is 5.63 Å². The van der Waals surface area contributed by atoms with Crippen molar-refractivity contribution in [1.29, 1.82) is 0 Å². The lowest BCUT2D eigenvalue weighted by molar-refractivity contribution is 0.0476. The van der Waals surface area contributed by atoms with E-state index in [1.807, 2.05) is 48.5 Å². The molecule has 4 aromatic rings. The number of piperidine rings is 1. The van der Waals surface area contributed by atoms with Crippen molar-refractivity contribution in [3.63, 3.8) is 0 Å². The molecule has 0 radical (unpaired) electrons. The molecule has 5 heteroatoms. The number of benzene rings is 3. The number of fused-ring (bicyclic) bond motifs is 3. The van der Waals surface area contributed by atoms with Crippen LogP contribution in [-0.2, 0) is 11.3 Å². The number of hydrogen-bond donors (Lipinski definition) is 0. The van der Waals surface area contributed by atoms with Crippen LogP contribution in [0.1, 0.15) is 28.8 Å². The van der Waals surface area contributed by atoms with Crippen molar-refractivity contribution in [2.45, 2.75) is 19.4 Å². The summed E-state index contributed by atoms with van der Waals surface area (Å²) >= 11 is 0. The van der Waals surface area contributed by atoms with Crippen LogP contribution in [0.15, 0.2) is 82.0 Å². The summed E-state index contributed by atoms with van der Waals surface area (Å²) in [4.78, 5) is 27.5. The van der Waals surface area contributed by atoms with Gasteiger partial charge in [-0.05, 0) is 47.2 Å². The highest BCUT2D eigenvalue weighted by Crippen LogP contribution is 2.26. The number of likely N-dealkylation sites (tertiary alicyclic amines) is 1. The van der Waals surface area contributed by atoms with E-state index in [0.29, 0.717) is 37.8 Å². The van der Waals surface area contributed by atoms with Gasteiger partial charge in [-0.1, -0.05) is 60.7 Å². The molecule has 5 nitrogen and oxygen atoms in total. The highest BCUT2D eigenvalue weighted by atomic mass is 16.5. The first-order valence-corrected chi connectivity index (χ1v) is 11.1. The molecule has 5 rings (SSSR count). The Morgan fingerprint density at radius 1 is 0.938 bits per heavy atom. The van der Waals surface area contributed by atoms with Crippen LogP contribution in [0.25, 0.3) is 21.7 Å². The van der Waals surface area contributed by atoms with Crippen molar-refractivity contribution in [3.05, 3.63) is 94.3 Å². The second-order valence-electron chi connectivity index (χ2n) is 8.38. The van der Waals surface area contributed by atoms with Gasteiger partial charge in [-0.3, -0.25) is 4.79 Å². The van der Waals surface area contributed by atoms with E-state index >= 15 is 0 Å². The van der Waals surface area contributed by atoms with Gasteiger partial charge in [0.05, 0.1) is 6.61 Å². The quantitative estimate of drug-likeness (QED) is 0.332. The average Bonchev–Trinajstić information content (AvgIpc) is 2.84. The molecule has 1 saturated heterocycles. The number of amides is 1. The lowest BCUT2D eigenvalue weighted by Crippen LogP contribution is -2.41. The van der Waals surface area contributed by atoms with Gasteiger partial charge in [0.25, 0.3) is 5.91 Å². The summed E-state index contributed by atoms with van der Waals surface area (Å²) in [5.41, 5.74) is 1.19. The summed E-state index contributed by atoms with van der Waals surface area (Å²) in [6.45, 7) is 2.52. The maximum absolute atomic E-state index is 13.1. The van der Waals surface area contributed by atoms with E-state index in [9.17, 15) is 9.59 Å². The van der Waals surface area contributed by atoms with Crippen molar-refractivity contribution >= 4 is 27.6 Å². The molecule has 0 bridgehead atoms. The van der Waals surface area contributed by atoms with Crippen molar-refractivity contribution in [3.8, 4) is 0 Å². The number of carbonyl (C=O) groups is 1. The molecule has 0 unspecified atom stereocenters. The molecule has 1 aliphatic heterocycles. The van der Waals surface area contributed by atoms with Crippen LogP contribution in [0.2, 0.25) is 0 Å². The van der Waals surface area contributed by atoms with E-state index in [-0.39, 0.29) is 11.5 Å². The number of carbonyl (C=O) groups excluding carboxylic acids is 1. The first-order chi connectivity index (χ1) is 15.7. The van der Waals surface area contributed by atoms with E-state index < -0.39 is 5.63 Å². The summed E-state index contributed by atoms with van der Waals surface area (Å²) in [6, 6.07) is 23.4. The Labute approximate surface area is 186 Å². The minimum Gasteiger partial charge on any atom is -0.422 e. The zero-order valence-electron chi connectivity index (χ0n) is 17.8. The predicted octanol–water partition coefficient (Wildman–Crippen LogP) is 5.02. The third kappa shape index (κ3) is 4.16. The first kappa shape index (κ1) is 20.5. The third-order valence-corrected chi connectivity index (χ3v) is 6.24. The largest absolute Gasteiger partial charge is 0.422 e. The molecule has 1 fully saturated rings. The van der Waals surface area contributed by atoms with Crippen LogP contribution in [0.3, 0.4) is 0 Å². The van der Waals surface area contributed by atoms with Gasteiger partial charge < -0.3 is 14.1 Å². The molecular formula is C27H25NO4. The van der Waals surface area contributed by atoms with Crippen molar-refractivity contribution in [2.24, 2.45) is 5.92 Å². The Morgan fingerprint density at radius 2 is 1.69 bits per heavy atom. The zero-order chi connectivity index (χ0) is 21.9. The smallest absolute Gasteiger partial charge is 0.349 e. The topological polar surface area (TPSA) is 59.8 Å². The maximum Gasteiger partial charge on any atom is 0.349 e. The molecule has 0 saturated carbocycles. The first-order valence-electron chi connectivity index (χ1n) is 11.1. The van der Waals surface area contributed by atoms with Gasteiger partial charge in [-0.2, -0.15) is 0 Å². The van der Waals surface area contributed by atoms with Crippen molar-refractivity contribution < 1.29 is 13.9 Å².